The molecule has 0 N–H and O–H groups in total. The fourth-order valence-electron chi connectivity index (χ4n) is 3.47. The minimum absolute atomic E-state index is 0.00741. The summed E-state index contributed by atoms with van der Waals surface area (Å²) < 4.78 is 10.8. The van der Waals surface area contributed by atoms with Gasteiger partial charge in [-0.1, -0.05) is 19.3 Å². The van der Waals surface area contributed by atoms with Crippen molar-refractivity contribution in [2.24, 2.45) is 5.92 Å². The number of methoxy groups -OCH3 is 1. The van der Waals surface area contributed by atoms with Gasteiger partial charge in [-0.3, -0.25) is 4.79 Å². The summed E-state index contributed by atoms with van der Waals surface area (Å²) >= 11 is 0. The van der Waals surface area contributed by atoms with Crippen molar-refractivity contribution in [3.63, 3.8) is 0 Å². The van der Waals surface area contributed by atoms with Crippen molar-refractivity contribution >= 4 is 5.91 Å². The second-order valence-corrected chi connectivity index (χ2v) is 6.49. The maximum absolute atomic E-state index is 12.4. The van der Waals surface area contributed by atoms with E-state index in [1.54, 1.807) is 19.2 Å². The van der Waals surface area contributed by atoms with Gasteiger partial charge in [0, 0.05) is 31.5 Å². The molecule has 1 aromatic heterocycles. The molecule has 0 bridgehead atoms. The number of rotatable bonds is 5. The third-order valence-corrected chi connectivity index (χ3v) is 4.80. The lowest BCUT2D eigenvalue weighted by Gasteiger charge is -2.24. The second kappa shape index (κ2) is 7.62. The maximum Gasteiger partial charge on any atom is 0.233 e. The lowest BCUT2D eigenvalue weighted by Crippen LogP contribution is -2.32. The molecule has 1 aliphatic heterocycles. The molecular weight excluding hydrogens is 294 g/mol. The van der Waals surface area contributed by atoms with E-state index in [0.29, 0.717) is 30.6 Å². The Morgan fingerprint density at radius 1 is 1.17 bits per heavy atom. The molecule has 0 radical (unpaired) electrons. The first kappa shape index (κ1) is 16.0. The molecule has 1 aromatic rings. The van der Waals surface area contributed by atoms with Gasteiger partial charge in [-0.15, -0.1) is 10.2 Å². The van der Waals surface area contributed by atoms with Gasteiger partial charge in [0.1, 0.15) is 6.10 Å². The van der Waals surface area contributed by atoms with Gasteiger partial charge < -0.3 is 14.4 Å². The van der Waals surface area contributed by atoms with Crippen LogP contribution in [0.1, 0.15) is 44.9 Å². The summed E-state index contributed by atoms with van der Waals surface area (Å²) in [6, 6.07) is 3.47. The molecule has 6 heteroatoms. The predicted octanol–water partition coefficient (Wildman–Crippen LogP) is 2.44. The Morgan fingerprint density at radius 3 is 2.61 bits per heavy atom. The van der Waals surface area contributed by atoms with Crippen LogP contribution in [0.5, 0.6) is 11.8 Å². The first-order valence-electron chi connectivity index (χ1n) is 8.57. The van der Waals surface area contributed by atoms with E-state index in [4.69, 9.17) is 9.47 Å². The Bertz CT molecular complexity index is 514. The van der Waals surface area contributed by atoms with Crippen molar-refractivity contribution in [3.8, 4) is 11.8 Å². The number of amides is 1. The molecule has 1 atom stereocenters. The quantitative estimate of drug-likeness (QED) is 0.834. The molecule has 1 saturated heterocycles. The van der Waals surface area contributed by atoms with E-state index in [2.05, 4.69) is 10.2 Å². The zero-order valence-corrected chi connectivity index (χ0v) is 13.7. The zero-order valence-electron chi connectivity index (χ0n) is 13.7. The molecule has 0 spiro atoms. The summed E-state index contributed by atoms with van der Waals surface area (Å²) in [4.78, 5) is 14.4. The van der Waals surface area contributed by atoms with Crippen LogP contribution < -0.4 is 9.47 Å². The number of carbonyl (C=O) groups excluding carboxylic acids is 1. The fourth-order valence-corrected chi connectivity index (χ4v) is 3.47. The average molecular weight is 319 g/mol. The van der Waals surface area contributed by atoms with Crippen LogP contribution in [0.3, 0.4) is 0 Å². The minimum atomic E-state index is 0.00741. The largest absolute Gasteiger partial charge is 0.480 e. The number of ether oxygens (including phenoxy) is 2. The molecule has 2 aliphatic rings. The van der Waals surface area contributed by atoms with Gasteiger partial charge in [0.15, 0.2) is 0 Å². The summed E-state index contributed by atoms with van der Waals surface area (Å²) in [6.07, 6.45) is 7.86. The number of likely N-dealkylation sites (tertiary alicyclic amines) is 1. The topological polar surface area (TPSA) is 64.6 Å². The van der Waals surface area contributed by atoms with Crippen molar-refractivity contribution in [2.75, 3.05) is 20.2 Å². The van der Waals surface area contributed by atoms with Crippen LogP contribution in [0.15, 0.2) is 12.1 Å². The Kier molecular flexibility index (Phi) is 5.31. The number of nitrogens with zero attached hydrogens (tertiary/aromatic N) is 3. The van der Waals surface area contributed by atoms with E-state index in [9.17, 15) is 4.79 Å². The van der Waals surface area contributed by atoms with E-state index in [1.165, 1.54) is 32.1 Å². The van der Waals surface area contributed by atoms with Gasteiger partial charge in [-0.25, -0.2) is 0 Å². The average Bonchev–Trinajstić information content (AvgIpc) is 3.05. The Morgan fingerprint density at radius 2 is 1.91 bits per heavy atom. The molecule has 6 nitrogen and oxygen atoms in total. The predicted molar refractivity (Wildman–Crippen MR) is 85.4 cm³/mol. The van der Waals surface area contributed by atoms with Gasteiger partial charge in [0.05, 0.1) is 13.7 Å². The standard InChI is InChI=1S/C17H25N3O3/c1-22-15-7-8-16(19-18-15)23-14-9-10-20(12-14)17(21)11-13-5-3-2-4-6-13/h7-8,13-14H,2-6,9-12H2,1H3. The van der Waals surface area contributed by atoms with Crippen LogP contribution in [0, 0.1) is 5.92 Å². The van der Waals surface area contributed by atoms with Crippen molar-refractivity contribution in [3.05, 3.63) is 12.1 Å². The van der Waals surface area contributed by atoms with Crippen molar-refractivity contribution in [2.45, 2.75) is 51.0 Å². The van der Waals surface area contributed by atoms with Crippen molar-refractivity contribution < 1.29 is 14.3 Å². The molecule has 1 aliphatic carbocycles. The molecule has 126 valence electrons. The molecule has 2 heterocycles. The Balaban J connectivity index is 1.46. The minimum Gasteiger partial charge on any atom is -0.480 e. The van der Waals surface area contributed by atoms with Gasteiger partial charge in [-0.2, -0.15) is 0 Å². The number of carbonyl (C=O) groups is 1. The van der Waals surface area contributed by atoms with Crippen LogP contribution in [0.2, 0.25) is 0 Å². The molecule has 1 saturated carbocycles. The van der Waals surface area contributed by atoms with Crippen LogP contribution in [0.4, 0.5) is 0 Å². The molecule has 1 amide bonds. The van der Waals surface area contributed by atoms with E-state index >= 15 is 0 Å². The lowest BCUT2D eigenvalue weighted by atomic mass is 9.87. The van der Waals surface area contributed by atoms with Crippen LogP contribution in [-0.4, -0.2) is 47.3 Å². The summed E-state index contributed by atoms with van der Waals surface area (Å²) in [6.45, 7) is 1.43. The third-order valence-electron chi connectivity index (χ3n) is 4.80. The van der Waals surface area contributed by atoms with E-state index in [-0.39, 0.29) is 12.0 Å². The molecule has 23 heavy (non-hydrogen) atoms. The first-order valence-corrected chi connectivity index (χ1v) is 8.57. The number of hydrogen-bond donors (Lipinski definition) is 0. The van der Waals surface area contributed by atoms with Crippen molar-refractivity contribution in [1.29, 1.82) is 0 Å². The smallest absolute Gasteiger partial charge is 0.233 e. The number of aromatic nitrogens is 2. The van der Waals surface area contributed by atoms with E-state index in [1.807, 2.05) is 4.90 Å². The first-order chi connectivity index (χ1) is 11.2. The summed E-state index contributed by atoms with van der Waals surface area (Å²) in [5.74, 6) is 1.82. The van der Waals surface area contributed by atoms with Gasteiger partial charge in [-0.05, 0) is 18.8 Å². The third kappa shape index (κ3) is 4.33. The normalized spacial score (nSPS) is 22.1. The van der Waals surface area contributed by atoms with Gasteiger partial charge in [0.25, 0.3) is 0 Å². The molecule has 1 unspecified atom stereocenters. The number of hydrogen-bond acceptors (Lipinski definition) is 5. The Hall–Kier alpha value is -1.85. The molecule has 3 rings (SSSR count). The highest BCUT2D eigenvalue weighted by atomic mass is 16.5. The van der Waals surface area contributed by atoms with Crippen LogP contribution >= 0.6 is 0 Å². The highest BCUT2D eigenvalue weighted by molar-refractivity contribution is 5.76. The summed E-state index contributed by atoms with van der Waals surface area (Å²) in [5.41, 5.74) is 0. The SMILES string of the molecule is COc1ccc(OC2CCN(C(=O)CC3CCCCC3)C2)nn1. The van der Waals surface area contributed by atoms with Crippen LogP contribution in [0.25, 0.3) is 0 Å². The van der Waals surface area contributed by atoms with E-state index in [0.717, 1.165) is 13.0 Å². The van der Waals surface area contributed by atoms with Crippen molar-refractivity contribution in [1.82, 2.24) is 15.1 Å². The highest BCUT2D eigenvalue weighted by Gasteiger charge is 2.29. The Labute approximate surface area is 137 Å². The monoisotopic (exact) mass is 319 g/mol. The van der Waals surface area contributed by atoms with Crippen LogP contribution in [-0.2, 0) is 4.79 Å². The van der Waals surface area contributed by atoms with Gasteiger partial charge >= 0.3 is 0 Å². The lowest BCUT2D eigenvalue weighted by molar-refractivity contribution is -0.131. The molecule has 2 fully saturated rings. The second-order valence-electron chi connectivity index (χ2n) is 6.49. The zero-order chi connectivity index (χ0) is 16.1. The summed E-state index contributed by atoms with van der Waals surface area (Å²) in [5, 5.41) is 7.87. The molecular formula is C17H25N3O3. The van der Waals surface area contributed by atoms with Gasteiger partial charge in [0.2, 0.25) is 17.7 Å². The maximum atomic E-state index is 12.4. The van der Waals surface area contributed by atoms with E-state index < -0.39 is 0 Å². The fraction of sp³-hybridized carbons (Fsp3) is 0.706. The summed E-state index contributed by atoms with van der Waals surface area (Å²) in [7, 11) is 1.55. The molecule has 0 aromatic carbocycles. The highest BCUT2D eigenvalue weighted by Crippen LogP contribution is 2.27.